The van der Waals surface area contributed by atoms with Gasteiger partial charge in [-0.1, -0.05) is 6.08 Å². The molecule has 4 nitrogen and oxygen atoms in total. The van der Waals surface area contributed by atoms with E-state index in [0.717, 1.165) is 0 Å². The van der Waals surface area contributed by atoms with Gasteiger partial charge in [0.1, 0.15) is 0 Å². The second-order valence-electron chi connectivity index (χ2n) is 2.82. The summed E-state index contributed by atoms with van der Waals surface area (Å²) in [4.78, 5) is 15.4. The van der Waals surface area contributed by atoms with Gasteiger partial charge in [0.15, 0.2) is 0 Å². The number of amides is 1. The van der Waals surface area contributed by atoms with Crippen molar-refractivity contribution in [2.24, 2.45) is 0 Å². The molecule has 15 heavy (non-hydrogen) atoms. The summed E-state index contributed by atoms with van der Waals surface area (Å²) in [6.07, 6.45) is 3.11. The van der Waals surface area contributed by atoms with Crippen LogP contribution in [0.25, 0.3) is 0 Å². The molecule has 0 fully saturated rings. The standard InChI is InChI=1S/C11H14N2O2/c1-3-7-12-11(14)9-5-6-10(13-8-9)15-4-2/h3,5-6,8H,1,4,7H2,2H3,(H,12,14). The van der Waals surface area contributed by atoms with Crippen molar-refractivity contribution in [3.05, 3.63) is 36.5 Å². The maximum atomic E-state index is 11.4. The second-order valence-corrected chi connectivity index (χ2v) is 2.82. The number of hydrogen-bond acceptors (Lipinski definition) is 3. The lowest BCUT2D eigenvalue weighted by molar-refractivity contribution is 0.0957. The lowest BCUT2D eigenvalue weighted by Crippen LogP contribution is -2.23. The van der Waals surface area contributed by atoms with Crippen molar-refractivity contribution in [2.45, 2.75) is 6.92 Å². The SMILES string of the molecule is C=CCNC(=O)c1ccc(OCC)nc1. The Kier molecular flexibility index (Phi) is 4.34. The number of rotatable bonds is 5. The fraction of sp³-hybridized carbons (Fsp3) is 0.273. The minimum atomic E-state index is -0.162. The van der Waals surface area contributed by atoms with Gasteiger partial charge in [0.05, 0.1) is 12.2 Å². The summed E-state index contributed by atoms with van der Waals surface area (Å²) in [5, 5.41) is 2.66. The molecule has 0 atom stereocenters. The van der Waals surface area contributed by atoms with Crippen LogP contribution in [-0.4, -0.2) is 24.0 Å². The Morgan fingerprint density at radius 2 is 2.47 bits per heavy atom. The average Bonchev–Trinajstić information content (AvgIpc) is 2.27. The number of nitrogens with one attached hydrogen (secondary N) is 1. The Morgan fingerprint density at radius 1 is 1.67 bits per heavy atom. The van der Waals surface area contributed by atoms with Gasteiger partial charge in [-0.25, -0.2) is 4.98 Å². The topological polar surface area (TPSA) is 51.2 Å². The summed E-state index contributed by atoms with van der Waals surface area (Å²) in [6.45, 7) is 6.41. The van der Waals surface area contributed by atoms with E-state index >= 15 is 0 Å². The molecule has 1 N–H and O–H groups in total. The number of carbonyl (C=O) groups is 1. The van der Waals surface area contributed by atoms with Gasteiger partial charge in [-0.15, -0.1) is 6.58 Å². The van der Waals surface area contributed by atoms with E-state index in [9.17, 15) is 4.79 Å². The molecule has 0 spiro atoms. The van der Waals surface area contributed by atoms with Crippen LogP contribution in [0.3, 0.4) is 0 Å². The first-order valence-corrected chi connectivity index (χ1v) is 4.76. The van der Waals surface area contributed by atoms with Gasteiger partial charge >= 0.3 is 0 Å². The molecule has 1 amide bonds. The predicted octanol–water partition coefficient (Wildman–Crippen LogP) is 1.40. The van der Waals surface area contributed by atoms with Crippen LogP contribution in [0, 0.1) is 0 Å². The smallest absolute Gasteiger partial charge is 0.253 e. The maximum absolute atomic E-state index is 11.4. The van der Waals surface area contributed by atoms with Gasteiger partial charge < -0.3 is 10.1 Å². The zero-order chi connectivity index (χ0) is 11.1. The molecule has 80 valence electrons. The molecule has 1 rings (SSSR count). The minimum absolute atomic E-state index is 0.162. The Hall–Kier alpha value is -1.84. The van der Waals surface area contributed by atoms with Crippen molar-refractivity contribution in [1.82, 2.24) is 10.3 Å². The van der Waals surface area contributed by atoms with Crippen molar-refractivity contribution >= 4 is 5.91 Å². The van der Waals surface area contributed by atoms with Crippen LogP contribution in [0.5, 0.6) is 5.88 Å². The largest absolute Gasteiger partial charge is 0.478 e. The molecule has 0 aliphatic heterocycles. The van der Waals surface area contributed by atoms with Crippen molar-refractivity contribution < 1.29 is 9.53 Å². The number of aromatic nitrogens is 1. The van der Waals surface area contributed by atoms with Gasteiger partial charge in [-0.05, 0) is 13.0 Å². The van der Waals surface area contributed by atoms with Gasteiger partial charge in [0, 0.05) is 18.8 Å². The first kappa shape index (κ1) is 11.2. The molecule has 0 unspecified atom stereocenters. The van der Waals surface area contributed by atoms with Crippen LogP contribution in [-0.2, 0) is 0 Å². The van der Waals surface area contributed by atoms with E-state index in [2.05, 4.69) is 16.9 Å². The van der Waals surface area contributed by atoms with Crippen LogP contribution in [0.15, 0.2) is 31.0 Å². The van der Waals surface area contributed by atoms with Crippen LogP contribution in [0.4, 0.5) is 0 Å². The molecule has 4 heteroatoms. The molecule has 1 aromatic heterocycles. The molecular formula is C11H14N2O2. The van der Waals surface area contributed by atoms with E-state index < -0.39 is 0 Å². The predicted molar refractivity (Wildman–Crippen MR) is 57.9 cm³/mol. The molecule has 0 saturated heterocycles. The fourth-order valence-electron chi connectivity index (χ4n) is 1.01. The van der Waals surface area contributed by atoms with Gasteiger partial charge in [0.2, 0.25) is 5.88 Å². The number of ether oxygens (including phenoxy) is 1. The summed E-state index contributed by atoms with van der Waals surface area (Å²) in [5.74, 6) is 0.364. The Bertz CT molecular complexity index is 333. The molecule has 0 radical (unpaired) electrons. The molecule has 0 bridgehead atoms. The molecular weight excluding hydrogens is 192 g/mol. The third kappa shape index (κ3) is 3.42. The fourth-order valence-corrected chi connectivity index (χ4v) is 1.01. The minimum Gasteiger partial charge on any atom is -0.478 e. The van der Waals surface area contributed by atoms with E-state index in [-0.39, 0.29) is 5.91 Å². The molecule has 1 aromatic rings. The van der Waals surface area contributed by atoms with Gasteiger partial charge in [-0.2, -0.15) is 0 Å². The van der Waals surface area contributed by atoms with Crippen molar-refractivity contribution in [1.29, 1.82) is 0 Å². The molecule has 0 aliphatic carbocycles. The lowest BCUT2D eigenvalue weighted by Gasteiger charge is -2.03. The van der Waals surface area contributed by atoms with Crippen LogP contribution in [0.1, 0.15) is 17.3 Å². The van der Waals surface area contributed by atoms with Crippen LogP contribution < -0.4 is 10.1 Å². The summed E-state index contributed by atoms with van der Waals surface area (Å²) >= 11 is 0. The Labute approximate surface area is 89.0 Å². The van der Waals surface area contributed by atoms with Crippen LogP contribution in [0.2, 0.25) is 0 Å². The molecule has 0 aliphatic rings. The van der Waals surface area contributed by atoms with E-state index in [1.807, 2.05) is 6.92 Å². The van der Waals surface area contributed by atoms with Crippen molar-refractivity contribution in [2.75, 3.05) is 13.2 Å². The average molecular weight is 206 g/mol. The summed E-state index contributed by atoms with van der Waals surface area (Å²) in [5.41, 5.74) is 0.514. The number of nitrogens with zero attached hydrogens (tertiary/aromatic N) is 1. The second kappa shape index (κ2) is 5.80. The highest BCUT2D eigenvalue weighted by atomic mass is 16.5. The Morgan fingerprint density at radius 3 is 3.00 bits per heavy atom. The maximum Gasteiger partial charge on any atom is 0.253 e. The van der Waals surface area contributed by atoms with E-state index in [1.54, 1.807) is 18.2 Å². The summed E-state index contributed by atoms with van der Waals surface area (Å²) in [6, 6.07) is 3.35. The van der Waals surface area contributed by atoms with E-state index in [4.69, 9.17) is 4.74 Å². The highest BCUT2D eigenvalue weighted by molar-refractivity contribution is 5.93. The quantitative estimate of drug-likeness (QED) is 0.741. The Balaban J connectivity index is 2.62. The molecule has 0 saturated carbocycles. The van der Waals surface area contributed by atoms with Gasteiger partial charge in [0.25, 0.3) is 5.91 Å². The lowest BCUT2D eigenvalue weighted by atomic mass is 10.2. The van der Waals surface area contributed by atoms with Crippen molar-refractivity contribution in [3.63, 3.8) is 0 Å². The van der Waals surface area contributed by atoms with Crippen LogP contribution >= 0.6 is 0 Å². The van der Waals surface area contributed by atoms with Gasteiger partial charge in [-0.3, -0.25) is 4.79 Å². The zero-order valence-corrected chi connectivity index (χ0v) is 8.69. The third-order valence-corrected chi connectivity index (χ3v) is 1.70. The summed E-state index contributed by atoms with van der Waals surface area (Å²) in [7, 11) is 0. The first-order valence-electron chi connectivity index (χ1n) is 4.76. The number of pyridine rings is 1. The molecule has 1 heterocycles. The first-order chi connectivity index (χ1) is 7.27. The van der Waals surface area contributed by atoms with E-state index in [0.29, 0.717) is 24.6 Å². The molecule has 0 aromatic carbocycles. The monoisotopic (exact) mass is 206 g/mol. The van der Waals surface area contributed by atoms with Crippen molar-refractivity contribution in [3.8, 4) is 5.88 Å². The zero-order valence-electron chi connectivity index (χ0n) is 8.69. The number of carbonyl (C=O) groups excluding carboxylic acids is 1. The highest BCUT2D eigenvalue weighted by Gasteiger charge is 2.04. The summed E-state index contributed by atoms with van der Waals surface area (Å²) < 4.78 is 5.16. The number of hydrogen-bond donors (Lipinski definition) is 1. The normalized spacial score (nSPS) is 9.40. The highest BCUT2D eigenvalue weighted by Crippen LogP contribution is 2.07. The third-order valence-electron chi connectivity index (χ3n) is 1.70. The van der Waals surface area contributed by atoms with E-state index in [1.165, 1.54) is 6.20 Å².